The van der Waals surface area contributed by atoms with Crippen LogP contribution in [0.1, 0.15) is 24.1 Å². The van der Waals surface area contributed by atoms with Gasteiger partial charge >= 0.3 is 12.1 Å². The Bertz CT molecular complexity index is 518. The Labute approximate surface area is 130 Å². The van der Waals surface area contributed by atoms with Gasteiger partial charge in [-0.1, -0.05) is 6.07 Å². The molecule has 0 unspecified atom stereocenters. The molecular formula is C15H22N4O3. The number of rotatable bonds is 3. The molecule has 2 heterocycles. The first-order valence-electron chi connectivity index (χ1n) is 7.37. The summed E-state index contributed by atoms with van der Waals surface area (Å²) in [5.41, 5.74) is 1.89. The average Bonchev–Trinajstić information content (AvgIpc) is 2.54. The molecule has 0 bridgehead atoms. The van der Waals surface area contributed by atoms with Crippen LogP contribution < -0.4 is 10.6 Å². The van der Waals surface area contributed by atoms with Crippen LogP contribution in [0, 0.1) is 6.92 Å². The van der Waals surface area contributed by atoms with Crippen LogP contribution >= 0.6 is 0 Å². The van der Waals surface area contributed by atoms with Crippen molar-refractivity contribution in [1.29, 1.82) is 0 Å². The zero-order chi connectivity index (χ0) is 15.9. The smallest absolute Gasteiger partial charge is 0.409 e. The Morgan fingerprint density at radius 2 is 2.27 bits per heavy atom. The van der Waals surface area contributed by atoms with Crippen LogP contribution in [0.4, 0.5) is 9.59 Å². The lowest BCUT2D eigenvalue weighted by atomic mass is 10.1. The monoisotopic (exact) mass is 306 g/mol. The highest BCUT2D eigenvalue weighted by Crippen LogP contribution is 2.11. The fourth-order valence-electron chi connectivity index (χ4n) is 2.41. The van der Waals surface area contributed by atoms with E-state index in [-0.39, 0.29) is 18.2 Å². The lowest BCUT2D eigenvalue weighted by Crippen LogP contribution is -2.51. The minimum absolute atomic E-state index is 0.0519. The van der Waals surface area contributed by atoms with Crippen LogP contribution in [-0.4, -0.2) is 48.2 Å². The van der Waals surface area contributed by atoms with E-state index in [0.29, 0.717) is 19.6 Å². The molecule has 1 aliphatic rings. The summed E-state index contributed by atoms with van der Waals surface area (Å²) in [5, 5.41) is 5.69. The van der Waals surface area contributed by atoms with E-state index in [1.165, 1.54) is 7.11 Å². The normalized spacial score (nSPS) is 17.7. The van der Waals surface area contributed by atoms with Crippen molar-refractivity contribution in [2.24, 2.45) is 0 Å². The fraction of sp³-hybridized carbons (Fsp3) is 0.533. The molecule has 2 rings (SSSR count). The van der Waals surface area contributed by atoms with Crippen LogP contribution in [0.2, 0.25) is 0 Å². The zero-order valence-corrected chi connectivity index (χ0v) is 13.0. The molecule has 0 radical (unpaired) electrons. The number of carbonyl (C=O) groups excluding carboxylic acids is 2. The molecule has 3 amide bonds. The summed E-state index contributed by atoms with van der Waals surface area (Å²) in [6.07, 6.45) is 3.10. The standard InChI is InChI=1S/C15H22N4O3/c1-11-5-6-12(8-16-11)9-17-14(20)18-13-4-3-7-19(10-13)15(21)22-2/h5-6,8,13H,3-4,7,9-10H2,1-2H3,(H2,17,18,20)/t13-/m0/s1. The highest BCUT2D eigenvalue weighted by Gasteiger charge is 2.25. The maximum absolute atomic E-state index is 11.9. The zero-order valence-electron chi connectivity index (χ0n) is 13.0. The number of likely N-dealkylation sites (tertiary alicyclic amines) is 1. The van der Waals surface area contributed by atoms with Gasteiger partial charge in [0.25, 0.3) is 0 Å². The van der Waals surface area contributed by atoms with Crippen molar-refractivity contribution in [2.45, 2.75) is 32.4 Å². The molecule has 1 aromatic heterocycles. The lowest BCUT2D eigenvalue weighted by Gasteiger charge is -2.32. The third kappa shape index (κ3) is 4.61. The van der Waals surface area contributed by atoms with Gasteiger partial charge in [-0.25, -0.2) is 9.59 Å². The first kappa shape index (κ1) is 16.1. The molecule has 1 saturated heterocycles. The molecule has 1 aliphatic heterocycles. The van der Waals surface area contributed by atoms with E-state index in [9.17, 15) is 9.59 Å². The van der Waals surface area contributed by atoms with Crippen LogP contribution in [-0.2, 0) is 11.3 Å². The predicted molar refractivity (Wildman–Crippen MR) is 81.3 cm³/mol. The summed E-state index contributed by atoms with van der Waals surface area (Å²) in [6.45, 7) is 3.49. The molecule has 1 atom stereocenters. The average molecular weight is 306 g/mol. The number of amides is 3. The molecule has 7 nitrogen and oxygen atoms in total. The van der Waals surface area contributed by atoms with Crippen molar-refractivity contribution < 1.29 is 14.3 Å². The number of urea groups is 1. The minimum atomic E-state index is -0.349. The Hall–Kier alpha value is -2.31. The van der Waals surface area contributed by atoms with E-state index < -0.39 is 0 Å². The summed E-state index contributed by atoms with van der Waals surface area (Å²) < 4.78 is 4.71. The van der Waals surface area contributed by atoms with Crippen LogP contribution in [0.15, 0.2) is 18.3 Å². The van der Waals surface area contributed by atoms with Gasteiger partial charge in [0.1, 0.15) is 0 Å². The van der Waals surface area contributed by atoms with Gasteiger partial charge in [-0.15, -0.1) is 0 Å². The van der Waals surface area contributed by atoms with Crippen molar-refractivity contribution in [2.75, 3.05) is 20.2 Å². The van der Waals surface area contributed by atoms with Gasteiger partial charge in [0.15, 0.2) is 0 Å². The van der Waals surface area contributed by atoms with Crippen molar-refractivity contribution in [3.8, 4) is 0 Å². The molecule has 0 aliphatic carbocycles. The van der Waals surface area contributed by atoms with Gasteiger partial charge in [0.2, 0.25) is 0 Å². The number of hydrogen-bond acceptors (Lipinski definition) is 4. The number of aryl methyl sites for hydroxylation is 1. The highest BCUT2D eigenvalue weighted by molar-refractivity contribution is 5.74. The van der Waals surface area contributed by atoms with Crippen molar-refractivity contribution in [1.82, 2.24) is 20.5 Å². The molecule has 0 saturated carbocycles. The quantitative estimate of drug-likeness (QED) is 0.884. The first-order valence-corrected chi connectivity index (χ1v) is 7.37. The van der Waals surface area contributed by atoms with Gasteiger partial charge < -0.3 is 20.3 Å². The first-order chi connectivity index (χ1) is 10.6. The van der Waals surface area contributed by atoms with E-state index in [0.717, 1.165) is 24.1 Å². The second kappa shape index (κ2) is 7.63. The van der Waals surface area contributed by atoms with Gasteiger partial charge in [-0.2, -0.15) is 0 Å². The number of nitrogens with one attached hydrogen (secondary N) is 2. The Morgan fingerprint density at radius 3 is 2.95 bits per heavy atom. The SMILES string of the molecule is COC(=O)N1CCC[C@H](NC(=O)NCc2ccc(C)nc2)C1. The fourth-order valence-corrected chi connectivity index (χ4v) is 2.41. The van der Waals surface area contributed by atoms with E-state index in [1.54, 1.807) is 11.1 Å². The number of pyridine rings is 1. The summed E-state index contributed by atoms with van der Waals surface area (Å²) in [6, 6.07) is 3.55. The third-order valence-electron chi connectivity index (χ3n) is 3.62. The Kier molecular flexibility index (Phi) is 5.57. The Balaban J connectivity index is 1.76. The van der Waals surface area contributed by atoms with E-state index in [2.05, 4.69) is 15.6 Å². The summed E-state index contributed by atoms with van der Waals surface area (Å²) in [7, 11) is 1.36. The molecule has 22 heavy (non-hydrogen) atoms. The molecule has 1 fully saturated rings. The number of methoxy groups -OCH3 is 1. The van der Waals surface area contributed by atoms with Crippen molar-refractivity contribution >= 4 is 12.1 Å². The number of piperidine rings is 1. The third-order valence-corrected chi connectivity index (χ3v) is 3.62. The molecule has 120 valence electrons. The van der Waals surface area contributed by atoms with Crippen molar-refractivity contribution in [3.63, 3.8) is 0 Å². The van der Waals surface area contributed by atoms with Gasteiger partial charge in [-0.05, 0) is 31.4 Å². The maximum Gasteiger partial charge on any atom is 0.409 e. The van der Waals surface area contributed by atoms with Crippen LogP contribution in [0.25, 0.3) is 0 Å². The topological polar surface area (TPSA) is 83.6 Å². The van der Waals surface area contributed by atoms with E-state index in [4.69, 9.17) is 4.74 Å². The largest absolute Gasteiger partial charge is 0.453 e. The number of nitrogens with zero attached hydrogens (tertiary/aromatic N) is 2. The molecule has 1 aromatic rings. The Morgan fingerprint density at radius 1 is 1.45 bits per heavy atom. The second-order valence-corrected chi connectivity index (χ2v) is 5.39. The highest BCUT2D eigenvalue weighted by atomic mass is 16.5. The molecule has 7 heteroatoms. The van der Waals surface area contributed by atoms with E-state index >= 15 is 0 Å². The van der Waals surface area contributed by atoms with Gasteiger partial charge in [0, 0.05) is 37.6 Å². The van der Waals surface area contributed by atoms with Gasteiger partial charge in [0.05, 0.1) is 7.11 Å². The van der Waals surface area contributed by atoms with Crippen LogP contribution in [0.3, 0.4) is 0 Å². The number of carbonyl (C=O) groups is 2. The summed E-state index contributed by atoms with van der Waals surface area (Å²) in [5.74, 6) is 0. The number of hydrogen-bond donors (Lipinski definition) is 2. The molecule has 0 aromatic carbocycles. The minimum Gasteiger partial charge on any atom is -0.453 e. The maximum atomic E-state index is 11.9. The predicted octanol–water partition coefficient (Wildman–Crippen LogP) is 1.42. The molecular weight excluding hydrogens is 284 g/mol. The van der Waals surface area contributed by atoms with Crippen molar-refractivity contribution in [3.05, 3.63) is 29.6 Å². The van der Waals surface area contributed by atoms with Gasteiger partial charge in [-0.3, -0.25) is 4.98 Å². The number of ether oxygens (including phenoxy) is 1. The lowest BCUT2D eigenvalue weighted by molar-refractivity contribution is 0.108. The molecule has 0 spiro atoms. The van der Waals surface area contributed by atoms with Crippen LogP contribution in [0.5, 0.6) is 0 Å². The summed E-state index contributed by atoms with van der Waals surface area (Å²) >= 11 is 0. The second-order valence-electron chi connectivity index (χ2n) is 5.39. The molecule has 2 N–H and O–H groups in total. The number of aromatic nitrogens is 1. The summed E-state index contributed by atoms with van der Waals surface area (Å²) in [4.78, 5) is 29.2. The van der Waals surface area contributed by atoms with E-state index in [1.807, 2.05) is 19.1 Å².